The van der Waals surface area contributed by atoms with Gasteiger partial charge in [-0.1, -0.05) is 18.2 Å². The summed E-state index contributed by atoms with van der Waals surface area (Å²) in [5, 5.41) is 0. The Kier molecular flexibility index (Phi) is 1.75. The van der Waals surface area contributed by atoms with Gasteiger partial charge in [0.15, 0.2) is 5.78 Å². The molecule has 2 aromatic carbocycles. The standard InChI is InChI=1S/C14H9FO/c1-8(16)9-2-4-11-12-5-3-10(15)7-14(12)13(11)6-9/h2-7H,1H3. The van der Waals surface area contributed by atoms with Crippen LogP contribution in [0, 0.1) is 5.82 Å². The van der Waals surface area contributed by atoms with Crippen molar-refractivity contribution < 1.29 is 9.18 Å². The minimum atomic E-state index is -0.238. The van der Waals surface area contributed by atoms with E-state index >= 15 is 0 Å². The van der Waals surface area contributed by atoms with Gasteiger partial charge in [0.2, 0.25) is 0 Å². The quantitative estimate of drug-likeness (QED) is 0.562. The summed E-state index contributed by atoms with van der Waals surface area (Å²) in [6.45, 7) is 1.53. The molecule has 78 valence electrons. The molecule has 0 amide bonds. The molecule has 0 atom stereocenters. The van der Waals surface area contributed by atoms with Gasteiger partial charge in [0.05, 0.1) is 0 Å². The molecule has 0 fully saturated rings. The molecule has 2 heteroatoms. The average Bonchev–Trinajstić information content (AvgIpc) is 2.26. The topological polar surface area (TPSA) is 17.1 Å². The second-order valence-electron chi connectivity index (χ2n) is 4.01. The van der Waals surface area contributed by atoms with Crippen molar-refractivity contribution in [1.29, 1.82) is 0 Å². The molecule has 1 nitrogen and oxygen atoms in total. The number of benzene rings is 2. The number of Topliss-reactive ketones (excluding diaryl/α,β-unsaturated/α-hetero) is 1. The Morgan fingerprint density at radius 1 is 0.938 bits per heavy atom. The molecular formula is C14H9FO. The molecule has 0 radical (unpaired) electrons. The number of hydrogen-bond donors (Lipinski definition) is 0. The maximum absolute atomic E-state index is 13.1. The van der Waals surface area contributed by atoms with Gasteiger partial charge in [-0.25, -0.2) is 4.39 Å². The van der Waals surface area contributed by atoms with Crippen LogP contribution in [0.2, 0.25) is 0 Å². The normalized spacial score (nSPS) is 11.4. The predicted molar refractivity (Wildman–Crippen MR) is 60.8 cm³/mol. The summed E-state index contributed by atoms with van der Waals surface area (Å²) in [6, 6.07) is 10.3. The Morgan fingerprint density at radius 3 is 2.25 bits per heavy atom. The molecule has 2 aromatic rings. The van der Waals surface area contributed by atoms with Gasteiger partial charge in [0.1, 0.15) is 5.82 Å². The lowest BCUT2D eigenvalue weighted by Gasteiger charge is -2.24. The number of ketones is 1. The van der Waals surface area contributed by atoms with Crippen molar-refractivity contribution in [1.82, 2.24) is 0 Å². The maximum atomic E-state index is 13.1. The molecule has 0 unspecified atom stereocenters. The summed E-state index contributed by atoms with van der Waals surface area (Å²) in [5.41, 5.74) is 4.71. The first kappa shape index (κ1) is 9.28. The van der Waals surface area contributed by atoms with Crippen LogP contribution >= 0.6 is 0 Å². The summed E-state index contributed by atoms with van der Waals surface area (Å²) in [4.78, 5) is 11.2. The summed E-state index contributed by atoms with van der Waals surface area (Å²) >= 11 is 0. The van der Waals surface area contributed by atoms with Crippen LogP contribution in [0.5, 0.6) is 0 Å². The van der Waals surface area contributed by atoms with Crippen molar-refractivity contribution in [3.05, 3.63) is 47.8 Å². The highest BCUT2D eigenvalue weighted by Crippen LogP contribution is 2.47. The van der Waals surface area contributed by atoms with E-state index in [1.54, 1.807) is 6.07 Å². The Hall–Kier alpha value is -1.96. The zero-order valence-electron chi connectivity index (χ0n) is 8.75. The van der Waals surface area contributed by atoms with E-state index in [-0.39, 0.29) is 11.6 Å². The number of carbonyl (C=O) groups is 1. The van der Waals surface area contributed by atoms with Crippen molar-refractivity contribution in [2.75, 3.05) is 0 Å². The second kappa shape index (κ2) is 3.01. The molecule has 0 spiro atoms. The predicted octanol–water partition coefficient (Wildman–Crippen LogP) is 3.68. The highest BCUT2D eigenvalue weighted by atomic mass is 19.1. The van der Waals surface area contributed by atoms with Gasteiger partial charge >= 0.3 is 0 Å². The van der Waals surface area contributed by atoms with Gasteiger partial charge in [0, 0.05) is 5.56 Å². The van der Waals surface area contributed by atoms with E-state index < -0.39 is 0 Å². The molecule has 0 saturated heterocycles. The number of fused-ring (bicyclic) bond motifs is 4. The summed E-state index contributed by atoms with van der Waals surface area (Å²) in [7, 11) is 0. The minimum absolute atomic E-state index is 0.0349. The van der Waals surface area contributed by atoms with Gasteiger partial charge < -0.3 is 0 Å². The van der Waals surface area contributed by atoms with Gasteiger partial charge in [-0.2, -0.15) is 0 Å². The molecule has 0 heterocycles. The Labute approximate surface area is 92.5 Å². The monoisotopic (exact) mass is 212 g/mol. The van der Waals surface area contributed by atoms with E-state index in [0.29, 0.717) is 5.56 Å². The van der Waals surface area contributed by atoms with Gasteiger partial charge in [-0.3, -0.25) is 4.79 Å². The number of carbonyl (C=O) groups excluding carboxylic acids is 1. The smallest absolute Gasteiger partial charge is 0.159 e. The molecular weight excluding hydrogens is 203 g/mol. The second-order valence-corrected chi connectivity index (χ2v) is 4.01. The van der Waals surface area contributed by atoms with Crippen LogP contribution in [-0.2, 0) is 0 Å². The highest BCUT2D eigenvalue weighted by Gasteiger charge is 2.23. The average molecular weight is 212 g/mol. The molecule has 1 aliphatic rings. The summed E-state index contributed by atoms with van der Waals surface area (Å²) in [6.07, 6.45) is 0. The van der Waals surface area contributed by atoms with Crippen molar-refractivity contribution in [2.45, 2.75) is 6.92 Å². The fourth-order valence-electron chi connectivity index (χ4n) is 2.13. The molecule has 16 heavy (non-hydrogen) atoms. The maximum Gasteiger partial charge on any atom is 0.159 e. The van der Waals surface area contributed by atoms with E-state index in [4.69, 9.17) is 0 Å². The van der Waals surface area contributed by atoms with Crippen molar-refractivity contribution >= 4 is 5.78 Å². The van der Waals surface area contributed by atoms with Crippen molar-refractivity contribution in [3.63, 3.8) is 0 Å². The van der Waals surface area contributed by atoms with Gasteiger partial charge in [-0.15, -0.1) is 0 Å². The molecule has 0 bridgehead atoms. The van der Waals surface area contributed by atoms with Crippen LogP contribution < -0.4 is 0 Å². The van der Waals surface area contributed by atoms with Crippen LogP contribution in [0.3, 0.4) is 0 Å². The minimum Gasteiger partial charge on any atom is -0.295 e. The third-order valence-electron chi connectivity index (χ3n) is 2.99. The molecule has 0 N–H and O–H groups in total. The molecule has 0 saturated carbocycles. The molecule has 0 aromatic heterocycles. The lowest BCUT2D eigenvalue weighted by molar-refractivity contribution is 0.101. The van der Waals surface area contributed by atoms with Crippen molar-refractivity contribution in [3.8, 4) is 22.3 Å². The Morgan fingerprint density at radius 2 is 1.56 bits per heavy atom. The number of halogens is 1. The van der Waals surface area contributed by atoms with Crippen LogP contribution in [0.25, 0.3) is 22.3 Å². The van der Waals surface area contributed by atoms with Gasteiger partial charge in [0.25, 0.3) is 0 Å². The number of rotatable bonds is 1. The van der Waals surface area contributed by atoms with Crippen LogP contribution in [0.1, 0.15) is 17.3 Å². The van der Waals surface area contributed by atoms with E-state index in [2.05, 4.69) is 0 Å². The Balaban J connectivity index is 2.18. The fraction of sp³-hybridized carbons (Fsp3) is 0.0714. The number of hydrogen-bond acceptors (Lipinski definition) is 1. The van der Waals surface area contributed by atoms with Crippen molar-refractivity contribution in [2.24, 2.45) is 0 Å². The SMILES string of the molecule is CC(=O)c1ccc2c(c1)-c1cc(F)ccc1-2. The largest absolute Gasteiger partial charge is 0.295 e. The van der Waals surface area contributed by atoms with E-state index in [1.807, 2.05) is 18.2 Å². The summed E-state index contributed by atoms with van der Waals surface area (Å²) < 4.78 is 13.1. The zero-order valence-corrected chi connectivity index (χ0v) is 8.75. The fourth-order valence-corrected chi connectivity index (χ4v) is 2.13. The molecule has 1 aliphatic carbocycles. The third-order valence-corrected chi connectivity index (χ3v) is 2.99. The zero-order chi connectivity index (χ0) is 11.3. The first-order valence-electron chi connectivity index (χ1n) is 5.12. The van der Waals surface area contributed by atoms with E-state index in [9.17, 15) is 9.18 Å². The lowest BCUT2D eigenvalue weighted by atomic mass is 9.79. The third kappa shape index (κ3) is 1.13. The van der Waals surface area contributed by atoms with Crippen LogP contribution in [-0.4, -0.2) is 5.78 Å². The van der Waals surface area contributed by atoms with E-state index in [0.717, 1.165) is 22.3 Å². The van der Waals surface area contributed by atoms with E-state index in [1.165, 1.54) is 19.1 Å². The first-order valence-corrected chi connectivity index (χ1v) is 5.12. The molecule has 0 aliphatic heterocycles. The van der Waals surface area contributed by atoms with Crippen LogP contribution in [0.15, 0.2) is 36.4 Å². The summed E-state index contributed by atoms with van der Waals surface area (Å²) in [5.74, 6) is -0.203. The Bertz CT molecular complexity index is 614. The van der Waals surface area contributed by atoms with Gasteiger partial charge in [-0.05, 0) is 47.4 Å². The highest BCUT2D eigenvalue weighted by molar-refractivity contribution is 6.05. The first-order chi connectivity index (χ1) is 7.66. The molecule has 3 rings (SSSR count). The van der Waals surface area contributed by atoms with Crippen LogP contribution in [0.4, 0.5) is 4.39 Å². The lowest BCUT2D eigenvalue weighted by Crippen LogP contribution is -2.02.